The van der Waals surface area contributed by atoms with Gasteiger partial charge < -0.3 is 9.47 Å². The Morgan fingerprint density at radius 2 is 2.00 bits per heavy atom. The number of carbonyl (C=O) groups is 2. The summed E-state index contributed by atoms with van der Waals surface area (Å²) in [4.78, 5) is 25.8. The van der Waals surface area contributed by atoms with Crippen molar-refractivity contribution in [2.45, 2.75) is 57.6 Å². The van der Waals surface area contributed by atoms with Gasteiger partial charge >= 0.3 is 12.1 Å². The summed E-state index contributed by atoms with van der Waals surface area (Å²) < 4.78 is 22.7. The normalized spacial score (nSPS) is 22.8. The third-order valence-electron chi connectivity index (χ3n) is 3.39. The van der Waals surface area contributed by atoms with Crippen molar-refractivity contribution in [3.8, 4) is 0 Å². The first kappa shape index (κ1) is 16.7. The molecule has 0 radical (unpaired) electrons. The molecule has 1 heterocycles. The highest BCUT2D eigenvalue weighted by molar-refractivity contribution is 5.86. The van der Waals surface area contributed by atoms with Gasteiger partial charge in [0, 0.05) is 6.54 Å². The Kier molecular flexibility index (Phi) is 5.36. The van der Waals surface area contributed by atoms with Crippen LogP contribution in [-0.2, 0) is 14.3 Å². The van der Waals surface area contributed by atoms with Crippen molar-refractivity contribution in [2.24, 2.45) is 0 Å². The number of carbonyl (C=O) groups excluding carboxylic acids is 2. The number of alkyl halides is 1. The summed E-state index contributed by atoms with van der Waals surface area (Å²) in [5, 5.41) is 0. The molecule has 0 aromatic heterocycles. The molecule has 116 valence electrons. The SMILES string of the molecule is COC(=O)C1(CCCF)CCCN1C(=O)OC(C)(C)C. The second kappa shape index (κ2) is 6.41. The zero-order chi connectivity index (χ0) is 15.4. The highest BCUT2D eigenvalue weighted by Gasteiger charge is 2.51. The van der Waals surface area contributed by atoms with Crippen molar-refractivity contribution >= 4 is 12.1 Å². The highest BCUT2D eigenvalue weighted by atomic mass is 19.1. The molecule has 1 atom stereocenters. The largest absolute Gasteiger partial charge is 0.467 e. The van der Waals surface area contributed by atoms with Gasteiger partial charge in [-0.05, 0) is 46.5 Å². The van der Waals surface area contributed by atoms with Gasteiger partial charge in [0.05, 0.1) is 13.8 Å². The predicted molar refractivity (Wildman–Crippen MR) is 72.1 cm³/mol. The van der Waals surface area contributed by atoms with Crippen molar-refractivity contribution < 1.29 is 23.5 Å². The number of hydrogen-bond acceptors (Lipinski definition) is 4. The Balaban J connectivity index is 2.96. The number of methoxy groups -OCH3 is 1. The van der Waals surface area contributed by atoms with E-state index in [1.807, 2.05) is 0 Å². The number of esters is 1. The second-order valence-corrected chi connectivity index (χ2v) is 6.05. The van der Waals surface area contributed by atoms with Gasteiger partial charge in [0.25, 0.3) is 0 Å². The Bertz CT molecular complexity index is 367. The number of amides is 1. The van der Waals surface area contributed by atoms with Crippen LogP contribution in [0.5, 0.6) is 0 Å². The van der Waals surface area contributed by atoms with Crippen molar-refractivity contribution in [1.29, 1.82) is 0 Å². The molecule has 0 aromatic carbocycles. The van der Waals surface area contributed by atoms with E-state index in [2.05, 4.69) is 0 Å². The van der Waals surface area contributed by atoms with E-state index >= 15 is 0 Å². The minimum Gasteiger partial charge on any atom is -0.467 e. The molecule has 0 aliphatic carbocycles. The first-order chi connectivity index (χ1) is 9.27. The maximum absolute atomic E-state index is 12.5. The number of ether oxygens (including phenoxy) is 2. The molecule has 0 saturated carbocycles. The van der Waals surface area contributed by atoms with Gasteiger partial charge in [-0.25, -0.2) is 9.59 Å². The Morgan fingerprint density at radius 1 is 1.35 bits per heavy atom. The molecule has 6 heteroatoms. The molecule has 0 spiro atoms. The van der Waals surface area contributed by atoms with E-state index in [4.69, 9.17) is 9.47 Å². The molecule has 1 aliphatic heterocycles. The van der Waals surface area contributed by atoms with Crippen LogP contribution < -0.4 is 0 Å². The van der Waals surface area contributed by atoms with E-state index in [1.54, 1.807) is 20.8 Å². The van der Waals surface area contributed by atoms with Crippen molar-refractivity contribution in [1.82, 2.24) is 4.90 Å². The minimum atomic E-state index is -1.08. The van der Waals surface area contributed by atoms with Crippen LogP contribution in [0.2, 0.25) is 0 Å². The molecule has 1 saturated heterocycles. The van der Waals surface area contributed by atoms with Gasteiger partial charge in [-0.15, -0.1) is 0 Å². The van der Waals surface area contributed by atoms with E-state index in [1.165, 1.54) is 12.0 Å². The molecule has 0 aromatic rings. The monoisotopic (exact) mass is 289 g/mol. The summed E-state index contributed by atoms with van der Waals surface area (Å²) in [5.41, 5.74) is -1.72. The van der Waals surface area contributed by atoms with Crippen LogP contribution in [0.3, 0.4) is 0 Å². The van der Waals surface area contributed by atoms with Gasteiger partial charge in [-0.3, -0.25) is 9.29 Å². The Labute approximate surface area is 119 Å². The number of halogens is 1. The topological polar surface area (TPSA) is 55.8 Å². The summed E-state index contributed by atoms with van der Waals surface area (Å²) in [6.07, 6.45) is 1.10. The van der Waals surface area contributed by atoms with Crippen LogP contribution in [0.4, 0.5) is 9.18 Å². The summed E-state index contributed by atoms with van der Waals surface area (Å²) in [6, 6.07) is 0. The molecular formula is C14H24FNO4. The van der Waals surface area contributed by atoms with E-state index < -0.39 is 29.9 Å². The van der Waals surface area contributed by atoms with E-state index in [0.717, 1.165) is 0 Å². The smallest absolute Gasteiger partial charge is 0.411 e. The lowest BCUT2D eigenvalue weighted by Gasteiger charge is -2.36. The zero-order valence-corrected chi connectivity index (χ0v) is 12.7. The van der Waals surface area contributed by atoms with Crippen molar-refractivity contribution in [3.05, 3.63) is 0 Å². The van der Waals surface area contributed by atoms with Crippen LogP contribution in [0.1, 0.15) is 46.5 Å². The summed E-state index contributed by atoms with van der Waals surface area (Å²) in [6.45, 7) is 5.20. The average molecular weight is 289 g/mol. The first-order valence-electron chi connectivity index (χ1n) is 6.92. The first-order valence-corrected chi connectivity index (χ1v) is 6.92. The second-order valence-electron chi connectivity index (χ2n) is 6.05. The van der Waals surface area contributed by atoms with E-state index in [9.17, 15) is 14.0 Å². The van der Waals surface area contributed by atoms with E-state index in [-0.39, 0.29) is 12.8 Å². The molecular weight excluding hydrogens is 265 g/mol. The fraction of sp³-hybridized carbons (Fsp3) is 0.857. The van der Waals surface area contributed by atoms with Crippen LogP contribution in [0.15, 0.2) is 0 Å². The highest BCUT2D eigenvalue weighted by Crippen LogP contribution is 2.36. The molecule has 1 fully saturated rings. The lowest BCUT2D eigenvalue weighted by Crippen LogP contribution is -2.54. The molecule has 0 N–H and O–H groups in total. The minimum absolute atomic E-state index is 0.217. The summed E-state index contributed by atoms with van der Waals surface area (Å²) >= 11 is 0. The quantitative estimate of drug-likeness (QED) is 0.747. The van der Waals surface area contributed by atoms with Crippen LogP contribution in [-0.4, -0.2) is 48.4 Å². The maximum atomic E-state index is 12.5. The van der Waals surface area contributed by atoms with Crippen LogP contribution in [0.25, 0.3) is 0 Å². The third kappa shape index (κ3) is 3.61. The summed E-state index contributed by atoms with van der Waals surface area (Å²) in [5.74, 6) is -0.491. The average Bonchev–Trinajstić information content (AvgIpc) is 2.78. The number of rotatable bonds is 4. The van der Waals surface area contributed by atoms with Crippen LogP contribution >= 0.6 is 0 Å². The zero-order valence-electron chi connectivity index (χ0n) is 12.7. The van der Waals surface area contributed by atoms with Crippen molar-refractivity contribution in [3.63, 3.8) is 0 Å². The molecule has 1 rings (SSSR count). The lowest BCUT2D eigenvalue weighted by atomic mass is 9.90. The molecule has 0 bridgehead atoms. The molecule has 1 aliphatic rings. The summed E-state index contributed by atoms with van der Waals surface area (Å²) in [7, 11) is 1.28. The molecule has 5 nitrogen and oxygen atoms in total. The Hall–Kier alpha value is -1.33. The third-order valence-corrected chi connectivity index (χ3v) is 3.39. The molecule has 1 unspecified atom stereocenters. The molecule has 1 amide bonds. The van der Waals surface area contributed by atoms with Gasteiger partial charge in [-0.2, -0.15) is 0 Å². The van der Waals surface area contributed by atoms with Crippen molar-refractivity contribution in [2.75, 3.05) is 20.3 Å². The fourth-order valence-corrected chi connectivity index (χ4v) is 2.59. The fourth-order valence-electron chi connectivity index (χ4n) is 2.59. The van der Waals surface area contributed by atoms with Crippen LogP contribution in [0, 0.1) is 0 Å². The molecule has 20 heavy (non-hydrogen) atoms. The number of nitrogens with zero attached hydrogens (tertiary/aromatic N) is 1. The van der Waals surface area contributed by atoms with Gasteiger partial charge in [0.15, 0.2) is 0 Å². The van der Waals surface area contributed by atoms with E-state index in [0.29, 0.717) is 19.4 Å². The van der Waals surface area contributed by atoms with Gasteiger partial charge in [0.1, 0.15) is 11.1 Å². The predicted octanol–water partition coefficient (Wildman–Crippen LogP) is 2.68. The number of likely N-dealkylation sites (tertiary alicyclic amines) is 1. The van der Waals surface area contributed by atoms with Gasteiger partial charge in [0.2, 0.25) is 0 Å². The maximum Gasteiger partial charge on any atom is 0.411 e. The standard InChI is InChI=1S/C14H24FNO4/c1-13(2,3)20-12(18)16-10-6-8-14(16,7-5-9-15)11(17)19-4/h5-10H2,1-4H3. The number of hydrogen-bond donors (Lipinski definition) is 0. The lowest BCUT2D eigenvalue weighted by molar-refractivity contribution is -0.153. The van der Waals surface area contributed by atoms with Gasteiger partial charge in [-0.1, -0.05) is 0 Å². The Morgan fingerprint density at radius 3 is 2.50 bits per heavy atom.